The van der Waals surface area contributed by atoms with Gasteiger partial charge in [-0.15, -0.1) is 0 Å². The number of fused-ring (bicyclic) bond motifs is 3. The fourth-order valence-corrected chi connectivity index (χ4v) is 9.98. The number of Topliss-reactive ketones (excluding diaryl/α,β-unsaturated/α-hetero) is 2. The number of aliphatic hydroxyl groups excluding tert-OH is 2. The first-order valence-corrected chi connectivity index (χ1v) is 23.0. The zero-order valence-corrected chi connectivity index (χ0v) is 38.7. The number of hydrogen-bond donors (Lipinski definition) is 4. The highest BCUT2D eigenvalue weighted by Crippen LogP contribution is 2.39. The minimum absolute atomic E-state index is 0.0339. The first-order valence-electron chi connectivity index (χ1n) is 23.0. The van der Waals surface area contributed by atoms with E-state index in [1.807, 2.05) is 38.2 Å². The van der Waals surface area contributed by atoms with Crippen molar-refractivity contribution in [3.05, 3.63) is 35.5 Å². The molecule has 1 amide bonds. The van der Waals surface area contributed by atoms with Gasteiger partial charge >= 0.3 is 11.9 Å². The molecule has 4 N–H and O–H groups in total. The van der Waals surface area contributed by atoms with Gasteiger partial charge in [0.25, 0.3) is 11.7 Å². The Morgan fingerprint density at radius 2 is 1.59 bits per heavy atom. The second kappa shape index (κ2) is 24.3. The van der Waals surface area contributed by atoms with Gasteiger partial charge in [0.05, 0.1) is 30.5 Å². The summed E-state index contributed by atoms with van der Waals surface area (Å²) < 4.78 is 29.9. The maximum absolute atomic E-state index is 14.4. The molecule has 0 unspecified atom stereocenters. The van der Waals surface area contributed by atoms with Gasteiger partial charge in [-0.3, -0.25) is 19.2 Å². The topological polar surface area (TPSA) is 216 Å². The quantitative estimate of drug-likeness (QED) is 0.0901. The fourth-order valence-electron chi connectivity index (χ4n) is 9.98. The smallest absolute Gasteiger partial charge is 0.329 e. The second-order valence-corrected chi connectivity index (χ2v) is 18.7. The van der Waals surface area contributed by atoms with Crippen LogP contribution in [-0.2, 0) is 47.7 Å². The molecule has 4 aliphatic rings. The predicted octanol–water partition coefficient (Wildman–Crippen LogP) is 5.26. The van der Waals surface area contributed by atoms with Crippen LogP contribution in [-0.4, -0.2) is 137 Å². The van der Waals surface area contributed by atoms with Gasteiger partial charge in [0.1, 0.15) is 24.0 Å². The third-order valence-electron chi connectivity index (χ3n) is 13.8. The van der Waals surface area contributed by atoms with Gasteiger partial charge in [-0.25, -0.2) is 4.79 Å². The Hall–Kier alpha value is -3.31. The standard InChI is InChI=1S/C48H75NO14/c1-28-21-29(2)23-40(60-7)44-41(61-8)25-31(4)48(58,63-44)45(55)46(56)49-20-14-13-16-35(49)47(57)62-43(30(3)24-33-18-19-36(50)39(26-33)59-6)32(5)37(51)27-38(52)34(22-28)15-11-9-10-12-17-42(53)54/h9,11,22,24,29,31-37,39-41,43-44,50-51,58H,10,12-21,23,25-27H2,1-8H3,(H,53,54)/b11-9+,28-22+,30-24+/t29-,31+,32+,33-,34+,35-,36+,37-,39+,40-,41-,43+,44+,48+/m0/s1. The molecule has 4 rings (SSSR count). The number of methoxy groups -OCH3 is 3. The van der Waals surface area contributed by atoms with E-state index in [2.05, 4.69) is 0 Å². The summed E-state index contributed by atoms with van der Waals surface area (Å²) >= 11 is 0. The molecule has 2 bridgehead atoms. The van der Waals surface area contributed by atoms with E-state index >= 15 is 0 Å². The lowest BCUT2D eigenvalue weighted by atomic mass is 9.81. The number of unbranched alkanes of at least 4 members (excludes halogenated alkanes) is 1. The minimum Gasteiger partial charge on any atom is -0.481 e. The maximum atomic E-state index is 14.4. The van der Waals surface area contributed by atoms with Gasteiger partial charge in [0.2, 0.25) is 5.79 Å². The van der Waals surface area contributed by atoms with Crippen molar-refractivity contribution in [1.82, 2.24) is 4.90 Å². The highest BCUT2D eigenvalue weighted by molar-refractivity contribution is 6.39. The molecule has 0 aromatic heterocycles. The van der Waals surface area contributed by atoms with E-state index in [4.69, 9.17) is 28.8 Å². The molecule has 0 aromatic carbocycles. The Labute approximate surface area is 373 Å². The molecule has 14 atom stereocenters. The summed E-state index contributed by atoms with van der Waals surface area (Å²) in [6, 6.07) is -1.18. The number of carbonyl (C=O) groups is 5. The molecule has 0 aromatic rings. The number of carboxylic acids is 1. The number of aliphatic carboxylic acids is 1. The molecule has 1 saturated carbocycles. The van der Waals surface area contributed by atoms with Crippen LogP contribution in [0.5, 0.6) is 0 Å². The van der Waals surface area contributed by atoms with Crippen LogP contribution in [0.1, 0.15) is 125 Å². The molecule has 3 fully saturated rings. The van der Waals surface area contributed by atoms with E-state index < -0.39 is 89.8 Å². The number of hydrogen-bond acceptors (Lipinski definition) is 13. The predicted molar refractivity (Wildman–Crippen MR) is 233 cm³/mol. The van der Waals surface area contributed by atoms with Crippen LogP contribution in [0.4, 0.5) is 0 Å². The second-order valence-electron chi connectivity index (χ2n) is 18.7. The van der Waals surface area contributed by atoms with Crippen molar-refractivity contribution in [2.24, 2.45) is 29.6 Å². The SMILES string of the molecule is CO[C@H]1C[C@@H](C)C/C(C)=C/[C@@H](C/C=C/CCCC(=O)O)C(=O)C[C@H](O)[C@@H](C)[C@@H](/C(C)=C/[C@@H]2CC[C@@H](O)[C@H](OC)C2)OC(=O)[C@@H]2CCCCN2C(=O)C(=O)[C@]2(O)O[C@H]1[C@@H](OC)C[C@H]2C. The van der Waals surface area contributed by atoms with Gasteiger partial charge in [0, 0.05) is 58.5 Å². The summed E-state index contributed by atoms with van der Waals surface area (Å²) in [5, 5.41) is 43.5. The van der Waals surface area contributed by atoms with Crippen molar-refractivity contribution in [1.29, 1.82) is 0 Å². The Morgan fingerprint density at radius 1 is 0.905 bits per heavy atom. The van der Waals surface area contributed by atoms with E-state index in [0.29, 0.717) is 69.8 Å². The molecule has 356 valence electrons. The Kier molecular flexibility index (Phi) is 20.2. The van der Waals surface area contributed by atoms with Crippen LogP contribution in [0.25, 0.3) is 0 Å². The Morgan fingerprint density at radius 3 is 2.25 bits per heavy atom. The number of allylic oxidation sites excluding steroid dienone is 5. The van der Waals surface area contributed by atoms with E-state index in [-0.39, 0.29) is 56.0 Å². The fraction of sp³-hybridized carbons (Fsp3) is 0.771. The molecule has 15 nitrogen and oxygen atoms in total. The zero-order chi connectivity index (χ0) is 46.6. The van der Waals surface area contributed by atoms with Crippen molar-refractivity contribution < 1.29 is 68.1 Å². The average molecular weight is 890 g/mol. The Bertz CT molecular complexity index is 1660. The van der Waals surface area contributed by atoms with Crippen molar-refractivity contribution in [2.45, 2.75) is 179 Å². The van der Waals surface area contributed by atoms with Crippen LogP contribution in [0.15, 0.2) is 35.5 Å². The normalized spacial score (nSPS) is 38.3. The Balaban J connectivity index is 1.78. The summed E-state index contributed by atoms with van der Waals surface area (Å²) in [5.74, 6) is -9.03. The lowest BCUT2D eigenvalue weighted by Crippen LogP contribution is -2.64. The summed E-state index contributed by atoms with van der Waals surface area (Å²) in [4.78, 5) is 69.5. The monoisotopic (exact) mass is 890 g/mol. The maximum Gasteiger partial charge on any atom is 0.329 e. The molecule has 1 aliphatic carbocycles. The van der Waals surface area contributed by atoms with Gasteiger partial charge in [-0.2, -0.15) is 0 Å². The van der Waals surface area contributed by atoms with Crippen molar-refractivity contribution in [2.75, 3.05) is 27.9 Å². The first kappa shape index (κ1) is 52.3. The molecule has 0 spiro atoms. The summed E-state index contributed by atoms with van der Waals surface area (Å²) in [5.41, 5.74) is 1.54. The van der Waals surface area contributed by atoms with Crippen LogP contribution in [0, 0.1) is 29.6 Å². The molecular formula is C48H75NO14. The molecule has 15 heteroatoms. The van der Waals surface area contributed by atoms with Crippen LogP contribution in [0.2, 0.25) is 0 Å². The number of ether oxygens (including phenoxy) is 5. The number of nitrogens with zero attached hydrogens (tertiary/aromatic N) is 1. The number of piperidine rings is 1. The van der Waals surface area contributed by atoms with Crippen LogP contribution < -0.4 is 0 Å². The van der Waals surface area contributed by atoms with Gasteiger partial charge in [-0.1, -0.05) is 50.6 Å². The molecule has 3 heterocycles. The van der Waals surface area contributed by atoms with Gasteiger partial charge in [0.15, 0.2) is 0 Å². The van der Waals surface area contributed by atoms with Crippen molar-refractivity contribution >= 4 is 29.4 Å². The van der Waals surface area contributed by atoms with E-state index in [0.717, 1.165) is 5.57 Å². The van der Waals surface area contributed by atoms with E-state index in [1.54, 1.807) is 27.9 Å². The number of carboxylic acid groups (broad SMARTS) is 1. The summed E-state index contributed by atoms with van der Waals surface area (Å²) in [6.07, 6.45) is 7.34. The molecule has 3 aliphatic heterocycles. The largest absolute Gasteiger partial charge is 0.481 e. The van der Waals surface area contributed by atoms with Crippen LogP contribution >= 0.6 is 0 Å². The number of ketones is 2. The van der Waals surface area contributed by atoms with Crippen LogP contribution in [0.3, 0.4) is 0 Å². The average Bonchev–Trinajstić information content (AvgIpc) is 3.25. The lowest BCUT2D eigenvalue weighted by Gasteiger charge is -2.47. The highest BCUT2D eigenvalue weighted by atomic mass is 16.7. The number of amides is 1. The number of esters is 1. The van der Waals surface area contributed by atoms with Crippen molar-refractivity contribution in [3.63, 3.8) is 0 Å². The third-order valence-corrected chi connectivity index (χ3v) is 13.8. The first-order chi connectivity index (χ1) is 29.8. The zero-order valence-electron chi connectivity index (χ0n) is 38.7. The number of rotatable bonds is 11. The minimum atomic E-state index is -2.54. The number of carbonyl (C=O) groups excluding carboxylic acids is 4. The third kappa shape index (κ3) is 13.9. The molecule has 2 saturated heterocycles. The van der Waals surface area contributed by atoms with E-state index in [9.17, 15) is 39.3 Å². The lowest BCUT2D eigenvalue weighted by molar-refractivity contribution is -0.302. The highest BCUT2D eigenvalue weighted by Gasteiger charge is 2.56. The number of cyclic esters (lactones) is 1. The van der Waals surface area contributed by atoms with Gasteiger partial charge < -0.3 is 49.0 Å². The summed E-state index contributed by atoms with van der Waals surface area (Å²) in [7, 11) is 4.57. The molecule has 63 heavy (non-hydrogen) atoms. The molecular weight excluding hydrogens is 815 g/mol. The summed E-state index contributed by atoms with van der Waals surface area (Å²) in [6.45, 7) is 9.14. The number of aliphatic hydroxyl groups is 3. The van der Waals surface area contributed by atoms with Gasteiger partial charge in [-0.05, 0) is 108 Å². The molecule has 0 radical (unpaired) electrons. The van der Waals surface area contributed by atoms with Crippen molar-refractivity contribution in [3.8, 4) is 0 Å². The van der Waals surface area contributed by atoms with E-state index in [1.165, 1.54) is 19.1 Å².